The molecule has 2 aromatic rings. The average Bonchev–Trinajstić information content (AvgIpc) is 2.99. The van der Waals surface area contributed by atoms with Crippen molar-refractivity contribution in [1.29, 1.82) is 0 Å². The fourth-order valence-electron chi connectivity index (χ4n) is 2.63. The largest absolute Gasteiger partial charge is 2.00 e. The van der Waals surface area contributed by atoms with Crippen LogP contribution < -0.4 is 0 Å². The summed E-state index contributed by atoms with van der Waals surface area (Å²) in [5.41, 5.74) is 1.93. The summed E-state index contributed by atoms with van der Waals surface area (Å²) in [7, 11) is 0. The summed E-state index contributed by atoms with van der Waals surface area (Å²) in [5, 5.41) is 9.13. The predicted octanol–water partition coefficient (Wildman–Crippen LogP) is 2.14. The van der Waals surface area contributed by atoms with Crippen LogP contribution in [0.2, 0.25) is 0 Å². The molecule has 3 rings (SSSR count). The third-order valence-electron chi connectivity index (χ3n) is 3.58. The van der Waals surface area contributed by atoms with E-state index < -0.39 is 11.9 Å². The van der Waals surface area contributed by atoms with E-state index in [1.54, 1.807) is 24.3 Å². The first-order chi connectivity index (χ1) is 9.18. The molecule has 1 unspecified atom stereocenters. The summed E-state index contributed by atoms with van der Waals surface area (Å²) in [6, 6.07) is 12.5. The number of aliphatic carboxylic acids is 1. The van der Waals surface area contributed by atoms with Crippen molar-refractivity contribution in [1.82, 2.24) is 4.57 Å². The van der Waals surface area contributed by atoms with Gasteiger partial charge in [-0.1, -0.05) is 30.3 Å². The van der Waals surface area contributed by atoms with Crippen molar-refractivity contribution in [2.75, 3.05) is 0 Å². The number of carboxylic acid groups (broad SMARTS) is 1. The number of benzene rings is 1. The van der Waals surface area contributed by atoms with Crippen molar-refractivity contribution >= 4 is 57.2 Å². The van der Waals surface area contributed by atoms with Crippen LogP contribution >= 0.6 is 0 Å². The minimum atomic E-state index is -0.824. The van der Waals surface area contributed by atoms with Crippen molar-refractivity contribution in [3.8, 4) is 0 Å². The monoisotopic (exact) mass is 345 g/mol. The molecule has 0 fully saturated rings. The predicted molar refractivity (Wildman–Crippen MR) is 77.3 cm³/mol. The maximum Gasteiger partial charge on any atom is 2.00 e. The van der Waals surface area contributed by atoms with E-state index in [9.17, 15) is 9.59 Å². The molecule has 0 saturated carbocycles. The van der Waals surface area contributed by atoms with Gasteiger partial charge in [-0.05, 0) is 18.6 Å². The normalized spacial score (nSPS) is 16.3. The smallest absolute Gasteiger partial charge is 1.00 e. The van der Waals surface area contributed by atoms with Crippen molar-refractivity contribution < 1.29 is 17.5 Å². The van der Waals surface area contributed by atoms with E-state index in [-0.39, 0.29) is 54.1 Å². The van der Waals surface area contributed by atoms with Crippen LogP contribution in [0.4, 0.5) is 0 Å². The van der Waals surface area contributed by atoms with Gasteiger partial charge in [0.15, 0.2) is 0 Å². The molecule has 1 aliphatic rings. The third-order valence-corrected chi connectivity index (χ3v) is 3.58. The molecule has 1 N–H and O–H groups in total. The van der Waals surface area contributed by atoms with Gasteiger partial charge in [-0.3, -0.25) is 9.59 Å². The Labute approximate surface area is 156 Å². The van der Waals surface area contributed by atoms with Crippen LogP contribution in [0.5, 0.6) is 0 Å². The van der Waals surface area contributed by atoms with Gasteiger partial charge in [-0.25, -0.2) is 0 Å². The van der Waals surface area contributed by atoms with Crippen LogP contribution in [0.1, 0.15) is 36.9 Å². The van der Waals surface area contributed by atoms with Crippen LogP contribution in [0.15, 0.2) is 42.5 Å². The van der Waals surface area contributed by atoms with Gasteiger partial charge in [0, 0.05) is 17.8 Å². The molecular formula is C15H15NO3Sr. The van der Waals surface area contributed by atoms with E-state index in [2.05, 4.69) is 0 Å². The van der Waals surface area contributed by atoms with Crippen molar-refractivity contribution in [2.45, 2.75) is 18.9 Å². The first kappa shape index (κ1) is 15.5. The number of hydrogen-bond donors (Lipinski definition) is 1. The Morgan fingerprint density at radius 3 is 2.50 bits per heavy atom. The van der Waals surface area contributed by atoms with Crippen LogP contribution in [0, 0.1) is 0 Å². The molecule has 100 valence electrons. The maximum atomic E-state index is 12.4. The second-order valence-corrected chi connectivity index (χ2v) is 4.67. The quantitative estimate of drug-likeness (QED) is 0.685. The summed E-state index contributed by atoms with van der Waals surface area (Å²) in [4.78, 5) is 23.5. The fraction of sp³-hybridized carbons (Fsp3) is 0.200. The number of hydrogen-bond acceptors (Lipinski definition) is 2. The number of nitrogens with zero attached hydrogens (tertiary/aromatic N) is 1. The van der Waals surface area contributed by atoms with Gasteiger partial charge in [0.05, 0.1) is 11.6 Å². The van der Waals surface area contributed by atoms with E-state index >= 15 is 0 Å². The zero-order chi connectivity index (χ0) is 13.4. The Kier molecular flexibility index (Phi) is 4.86. The molecule has 0 aliphatic carbocycles. The Hall–Kier alpha value is -0.879. The molecule has 1 atom stereocenters. The molecule has 0 saturated heterocycles. The number of ketones is 1. The zero-order valence-corrected chi connectivity index (χ0v) is 14.4. The molecule has 1 aromatic heterocycles. The molecule has 2 heterocycles. The van der Waals surface area contributed by atoms with Crippen LogP contribution in [-0.2, 0) is 11.3 Å². The fourth-order valence-corrected chi connectivity index (χ4v) is 2.63. The molecular weight excluding hydrogens is 330 g/mol. The molecule has 5 heteroatoms. The molecule has 0 bridgehead atoms. The molecule has 1 aliphatic heterocycles. The second-order valence-electron chi connectivity index (χ2n) is 4.67. The first-order valence-electron chi connectivity index (χ1n) is 6.20. The number of rotatable bonds is 3. The van der Waals surface area contributed by atoms with Crippen LogP contribution in [0.25, 0.3) is 0 Å². The van der Waals surface area contributed by atoms with Crippen LogP contribution in [0.3, 0.4) is 0 Å². The van der Waals surface area contributed by atoms with Crippen molar-refractivity contribution in [3.63, 3.8) is 0 Å². The van der Waals surface area contributed by atoms with Crippen LogP contribution in [-0.4, -0.2) is 66.9 Å². The first-order valence-corrected chi connectivity index (χ1v) is 6.20. The minimum absolute atomic E-state index is 0. The van der Waals surface area contributed by atoms with E-state index in [1.807, 2.05) is 22.8 Å². The van der Waals surface area contributed by atoms with Gasteiger partial charge in [-0.2, -0.15) is 0 Å². The Bertz CT molecular complexity index is 658. The number of fused-ring (bicyclic) bond motifs is 1. The Morgan fingerprint density at radius 1 is 1.15 bits per heavy atom. The van der Waals surface area contributed by atoms with E-state index in [4.69, 9.17) is 5.11 Å². The minimum Gasteiger partial charge on any atom is -1.00 e. The summed E-state index contributed by atoms with van der Waals surface area (Å²) in [6.45, 7) is 0.590. The van der Waals surface area contributed by atoms with Gasteiger partial charge in [0.2, 0.25) is 5.78 Å². The molecule has 4 nitrogen and oxygen atoms in total. The zero-order valence-electron chi connectivity index (χ0n) is 13.0. The Morgan fingerprint density at radius 2 is 1.85 bits per heavy atom. The van der Waals surface area contributed by atoms with Gasteiger partial charge < -0.3 is 12.5 Å². The van der Waals surface area contributed by atoms with Gasteiger partial charge in [0.1, 0.15) is 0 Å². The Balaban J connectivity index is 0.00000147. The molecule has 20 heavy (non-hydrogen) atoms. The van der Waals surface area contributed by atoms with E-state index in [0.717, 1.165) is 5.69 Å². The molecule has 0 amide bonds. The maximum absolute atomic E-state index is 12.4. The van der Waals surface area contributed by atoms with E-state index in [1.165, 1.54) is 0 Å². The third kappa shape index (κ3) is 2.63. The molecule has 0 radical (unpaired) electrons. The second kappa shape index (κ2) is 6.26. The molecule has 0 spiro atoms. The number of carbonyl (C=O) groups excluding carboxylic acids is 1. The van der Waals surface area contributed by atoms with Crippen molar-refractivity contribution in [2.24, 2.45) is 0 Å². The topological polar surface area (TPSA) is 59.3 Å². The van der Waals surface area contributed by atoms with Gasteiger partial charge in [0.25, 0.3) is 0 Å². The molecule has 1 aromatic carbocycles. The standard InChI is InChI=1S/C15H13NO3.Sr.2H/c17-14(10-4-2-1-3-5-10)13-7-6-12-11(15(18)19)8-9-16(12)13;;;/h1-7,11H,8-9H2,(H,18,19);;;/q;+2;2*-1. The van der Waals surface area contributed by atoms with Gasteiger partial charge >= 0.3 is 51.5 Å². The summed E-state index contributed by atoms with van der Waals surface area (Å²) in [5.74, 6) is -1.37. The number of aromatic nitrogens is 1. The van der Waals surface area contributed by atoms with Gasteiger partial charge in [-0.15, -0.1) is 0 Å². The SMILES string of the molecule is O=C(c1ccccc1)c1ccc2n1CCC2C(=O)O.[H-].[H-].[Sr+2]. The number of carboxylic acids is 1. The summed E-state index contributed by atoms with van der Waals surface area (Å²) < 4.78 is 1.83. The van der Waals surface area contributed by atoms with E-state index in [0.29, 0.717) is 24.2 Å². The summed E-state index contributed by atoms with van der Waals surface area (Å²) in [6.07, 6.45) is 0.556. The van der Waals surface area contributed by atoms with Crippen molar-refractivity contribution in [3.05, 3.63) is 59.4 Å². The number of carbonyl (C=O) groups is 2. The summed E-state index contributed by atoms with van der Waals surface area (Å²) >= 11 is 0. The average molecular weight is 345 g/mol.